The molecule has 18 heteroatoms. The number of nitrogens with two attached hydrogens (primary N) is 4. The van der Waals surface area contributed by atoms with Crippen molar-refractivity contribution in [2.75, 3.05) is 6.54 Å². The summed E-state index contributed by atoms with van der Waals surface area (Å²) in [6, 6.07) is 1.08. The number of amides is 5. The van der Waals surface area contributed by atoms with Gasteiger partial charge in [0.2, 0.25) is 29.5 Å². The fourth-order valence-electron chi connectivity index (χ4n) is 4.33. The number of guanidine groups is 1. The van der Waals surface area contributed by atoms with Crippen molar-refractivity contribution in [3.63, 3.8) is 0 Å². The van der Waals surface area contributed by atoms with Crippen molar-refractivity contribution in [2.45, 2.75) is 82.6 Å². The summed E-state index contributed by atoms with van der Waals surface area (Å²) in [5.41, 5.74) is 22.4. The van der Waals surface area contributed by atoms with Crippen molar-refractivity contribution >= 4 is 47.4 Å². The summed E-state index contributed by atoms with van der Waals surface area (Å²) in [4.78, 5) is 91.4. The third-order valence-electron chi connectivity index (χ3n) is 6.59. The summed E-state index contributed by atoms with van der Waals surface area (Å²) < 4.78 is 0. The average Bonchev–Trinajstić information content (AvgIpc) is 2.96. The van der Waals surface area contributed by atoms with Crippen LogP contribution in [0.3, 0.4) is 0 Å². The van der Waals surface area contributed by atoms with Gasteiger partial charge in [0.05, 0.1) is 18.9 Å². The van der Waals surface area contributed by atoms with E-state index in [1.165, 1.54) is 0 Å². The van der Waals surface area contributed by atoms with E-state index in [1.54, 1.807) is 30.3 Å². The summed E-state index contributed by atoms with van der Waals surface area (Å²) >= 11 is 0. The van der Waals surface area contributed by atoms with Gasteiger partial charge in [-0.25, -0.2) is 4.79 Å². The van der Waals surface area contributed by atoms with E-state index in [9.17, 15) is 43.8 Å². The average molecular weight is 664 g/mol. The number of primary amides is 1. The van der Waals surface area contributed by atoms with Gasteiger partial charge in [0.15, 0.2) is 5.96 Å². The molecule has 47 heavy (non-hydrogen) atoms. The lowest BCUT2D eigenvalue weighted by molar-refractivity contribution is -0.143. The predicted molar refractivity (Wildman–Crippen MR) is 169 cm³/mol. The predicted octanol–water partition coefficient (Wildman–Crippen LogP) is -2.97. The van der Waals surface area contributed by atoms with Crippen LogP contribution in [0, 0.1) is 5.92 Å². The van der Waals surface area contributed by atoms with Crippen LogP contribution >= 0.6 is 0 Å². The molecule has 14 N–H and O–H groups in total. The van der Waals surface area contributed by atoms with E-state index < -0.39 is 84.5 Å². The van der Waals surface area contributed by atoms with Gasteiger partial charge < -0.3 is 54.4 Å². The first-order valence-corrected chi connectivity index (χ1v) is 14.8. The van der Waals surface area contributed by atoms with E-state index in [0.29, 0.717) is 12.0 Å². The van der Waals surface area contributed by atoms with Gasteiger partial charge in [-0.3, -0.25) is 33.8 Å². The minimum atomic E-state index is -1.80. The van der Waals surface area contributed by atoms with Crippen molar-refractivity contribution < 1.29 is 43.8 Å². The molecule has 0 saturated carbocycles. The second kappa shape index (κ2) is 20.0. The molecule has 0 aliphatic rings. The smallest absolute Gasteiger partial charge is 0.326 e. The maximum atomic E-state index is 13.3. The molecule has 5 amide bonds. The number of aliphatic imine (C=N–C) groups is 1. The van der Waals surface area contributed by atoms with Gasteiger partial charge in [0.25, 0.3) is 0 Å². The maximum absolute atomic E-state index is 13.3. The number of hydrogen-bond acceptors (Lipinski definition) is 9. The van der Waals surface area contributed by atoms with E-state index in [0.717, 1.165) is 0 Å². The molecule has 5 atom stereocenters. The first-order chi connectivity index (χ1) is 22.0. The molecular formula is C29H45N9O9. The van der Waals surface area contributed by atoms with Crippen molar-refractivity contribution in [1.29, 1.82) is 0 Å². The number of rotatable bonds is 21. The Labute approximate surface area is 271 Å². The van der Waals surface area contributed by atoms with Gasteiger partial charge in [-0.1, -0.05) is 44.2 Å². The first kappa shape index (κ1) is 39.8. The monoisotopic (exact) mass is 663 g/mol. The molecule has 1 aromatic carbocycles. The molecule has 1 aromatic rings. The molecule has 1 rings (SSSR count). The normalized spacial score (nSPS) is 14.0. The fourth-order valence-corrected chi connectivity index (χ4v) is 4.33. The van der Waals surface area contributed by atoms with E-state index in [1.807, 2.05) is 13.8 Å². The Hall–Kier alpha value is -5.26. The molecule has 0 aromatic heterocycles. The Morgan fingerprint density at radius 1 is 0.745 bits per heavy atom. The molecule has 0 radical (unpaired) electrons. The Morgan fingerprint density at radius 3 is 1.74 bits per heavy atom. The highest BCUT2D eigenvalue weighted by Gasteiger charge is 2.33. The number of aliphatic carboxylic acids is 2. The van der Waals surface area contributed by atoms with Crippen molar-refractivity contribution in [3.05, 3.63) is 35.9 Å². The standard InChI is InChI=1S/C29H45N9O9/c1-15(2)11-17(30)24(42)35-18(9-6-10-34-29(32)33)25(43)37-20(14-23(40)41)27(45)36-19(13-22(31)39)26(44)38-21(28(46)47)12-16-7-4-3-5-8-16/h3-5,7-8,15,17-21H,6,9-14,30H2,1-2H3,(H2,31,39)(H,35,42)(H,36,45)(H,37,43)(H,38,44)(H,40,41)(H,46,47)(H4,32,33,34)/t17-,18-,19-,20-,21-/m0/s1. The summed E-state index contributed by atoms with van der Waals surface area (Å²) in [7, 11) is 0. The highest BCUT2D eigenvalue weighted by molar-refractivity contribution is 5.98. The summed E-state index contributed by atoms with van der Waals surface area (Å²) in [6.45, 7) is 3.78. The number of hydrogen-bond donors (Lipinski definition) is 10. The van der Waals surface area contributed by atoms with Crippen LogP contribution < -0.4 is 44.2 Å². The Morgan fingerprint density at radius 2 is 1.26 bits per heavy atom. The lowest BCUT2D eigenvalue weighted by Crippen LogP contribution is -2.59. The van der Waals surface area contributed by atoms with Crippen molar-refractivity contribution in [2.24, 2.45) is 33.8 Å². The number of carboxylic acid groups (broad SMARTS) is 2. The lowest BCUT2D eigenvalue weighted by atomic mass is 10.0. The van der Waals surface area contributed by atoms with Crippen LogP contribution in [0.1, 0.15) is 51.5 Å². The van der Waals surface area contributed by atoms with Gasteiger partial charge in [-0.2, -0.15) is 0 Å². The largest absolute Gasteiger partial charge is 0.481 e. The SMILES string of the molecule is CC(C)C[C@H](N)C(=O)N[C@@H](CCCN=C(N)N)C(=O)N[C@@H](CC(=O)O)C(=O)N[C@@H](CC(N)=O)C(=O)N[C@@H](Cc1ccccc1)C(=O)O. The van der Waals surface area contributed by atoms with Gasteiger partial charge >= 0.3 is 11.9 Å². The summed E-state index contributed by atoms with van der Waals surface area (Å²) in [6.07, 6.45) is -1.41. The molecule has 18 nitrogen and oxygen atoms in total. The fraction of sp³-hybridized carbons (Fsp3) is 0.517. The van der Waals surface area contributed by atoms with Gasteiger partial charge in [0, 0.05) is 13.0 Å². The quantitative estimate of drug-likeness (QED) is 0.0358. The summed E-state index contributed by atoms with van der Waals surface area (Å²) in [5.74, 6) is -8.00. The van der Waals surface area contributed by atoms with E-state index in [4.69, 9.17) is 22.9 Å². The maximum Gasteiger partial charge on any atom is 0.326 e. The third-order valence-corrected chi connectivity index (χ3v) is 6.59. The van der Waals surface area contributed by atoms with Crippen LogP contribution in [0.2, 0.25) is 0 Å². The number of carbonyl (C=O) groups excluding carboxylic acids is 5. The van der Waals surface area contributed by atoms with Crippen molar-refractivity contribution in [1.82, 2.24) is 21.3 Å². The van der Waals surface area contributed by atoms with Crippen LogP contribution in [0.4, 0.5) is 0 Å². The minimum absolute atomic E-state index is 0.0329. The minimum Gasteiger partial charge on any atom is -0.481 e. The zero-order valence-electron chi connectivity index (χ0n) is 26.3. The van der Waals surface area contributed by atoms with Crippen LogP contribution in [-0.2, 0) is 40.0 Å². The zero-order valence-corrected chi connectivity index (χ0v) is 26.3. The number of carboxylic acids is 2. The third kappa shape index (κ3) is 16.0. The molecule has 0 aliphatic carbocycles. The molecular weight excluding hydrogens is 618 g/mol. The molecule has 0 unspecified atom stereocenters. The second-order valence-corrected chi connectivity index (χ2v) is 11.2. The number of benzene rings is 1. The first-order valence-electron chi connectivity index (χ1n) is 14.8. The highest BCUT2D eigenvalue weighted by Crippen LogP contribution is 2.08. The second-order valence-electron chi connectivity index (χ2n) is 11.2. The summed E-state index contributed by atoms with van der Waals surface area (Å²) in [5, 5.41) is 28.3. The van der Waals surface area contributed by atoms with E-state index >= 15 is 0 Å². The Bertz CT molecular complexity index is 1290. The molecule has 0 heterocycles. The van der Waals surface area contributed by atoms with E-state index in [-0.39, 0.29) is 37.7 Å². The lowest BCUT2D eigenvalue weighted by Gasteiger charge is -2.26. The van der Waals surface area contributed by atoms with Crippen molar-refractivity contribution in [3.8, 4) is 0 Å². The van der Waals surface area contributed by atoms with Gasteiger partial charge in [-0.05, 0) is 30.7 Å². The number of nitrogens with zero attached hydrogens (tertiary/aromatic N) is 1. The van der Waals surface area contributed by atoms with Crippen LogP contribution in [0.25, 0.3) is 0 Å². The molecule has 0 fully saturated rings. The Kier molecular flexibility index (Phi) is 16.9. The van der Waals surface area contributed by atoms with Gasteiger partial charge in [-0.15, -0.1) is 0 Å². The van der Waals surface area contributed by atoms with Crippen LogP contribution in [0.5, 0.6) is 0 Å². The van der Waals surface area contributed by atoms with Gasteiger partial charge in [0.1, 0.15) is 24.2 Å². The molecule has 260 valence electrons. The van der Waals surface area contributed by atoms with Crippen LogP contribution in [0.15, 0.2) is 35.3 Å². The highest BCUT2D eigenvalue weighted by atomic mass is 16.4. The van der Waals surface area contributed by atoms with E-state index in [2.05, 4.69) is 26.3 Å². The van der Waals surface area contributed by atoms with Crippen LogP contribution in [-0.4, -0.2) is 94.4 Å². The molecule has 0 aliphatic heterocycles. The molecule has 0 saturated heterocycles. The topological polar surface area (TPSA) is 325 Å². The molecule has 0 bridgehead atoms. The number of nitrogens with one attached hydrogen (secondary N) is 4. The number of carbonyl (C=O) groups is 7. The zero-order chi connectivity index (χ0) is 35.7. The molecule has 0 spiro atoms. The Balaban J connectivity index is 3.18.